The summed E-state index contributed by atoms with van der Waals surface area (Å²) in [7, 11) is 1.99. The summed E-state index contributed by atoms with van der Waals surface area (Å²) in [4.78, 5) is 22.6. The summed E-state index contributed by atoms with van der Waals surface area (Å²) in [6.45, 7) is 1.35. The minimum absolute atomic E-state index is 0.0943. The number of nitrogens with one attached hydrogen (secondary N) is 1. The maximum absolute atomic E-state index is 12.0. The predicted molar refractivity (Wildman–Crippen MR) is 86.9 cm³/mol. The van der Waals surface area contributed by atoms with Gasteiger partial charge in [-0.3, -0.25) is 9.69 Å². The SMILES string of the molecule is CN(Cc1nc2ccccc2c(=O)[nH]1)Cc1ccc(Cl)s1. The Morgan fingerprint density at radius 1 is 1.24 bits per heavy atom. The van der Waals surface area contributed by atoms with Gasteiger partial charge >= 0.3 is 0 Å². The van der Waals surface area contributed by atoms with Gasteiger partial charge in [-0.25, -0.2) is 4.98 Å². The predicted octanol–water partition coefficient (Wildman–Crippen LogP) is 3.27. The summed E-state index contributed by atoms with van der Waals surface area (Å²) >= 11 is 7.49. The molecule has 4 nitrogen and oxygen atoms in total. The Kier molecular flexibility index (Phi) is 4.05. The molecule has 0 amide bonds. The number of H-pyrrole nitrogens is 1. The van der Waals surface area contributed by atoms with E-state index in [2.05, 4.69) is 14.9 Å². The first-order valence-corrected chi connectivity index (χ1v) is 7.72. The van der Waals surface area contributed by atoms with Crippen molar-refractivity contribution in [1.29, 1.82) is 0 Å². The van der Waals surface area contributed by atoms with E-state index in [9.17, 15) is 4.79 Å². The third kappa shape index (κ3) is 3.32. The van der Waals surface area contributed by atoms with Crippen LogP contribution in [0, 0.1) is 0 Å². The van der Waals surface area contributed by atoms with E-state index in [4.69, 9.17) is 11.6 Å². The molecule has 6 heteroatoms. The zero-order chi connectivity index (χ0) is 14.8. The second kappa shape index (κ2) is 5.97. The molecule has 0 spiro atoms. The summed E-state index contributed by atoms with van der Waals surface area (Å²) < 4.78 is 0.788. The Morgan fingerprint density at radius 2 is 2.05 bits per heavy atom. The number of nitrogens with zero attached hydrogens (tertiary/aromatic N) is 2. The van der Waals surface area contributed by atoms with E-state index in [1.54, 1.807) is 17.4 Å². The van der Waals surface area contributed by atoms with E-state index >= 15 is 0 Å². The average Bonchev–Trinajstić information content (AvgIpc) is 2.84. The lowest BCUT2D eigenvalue weighted by Crippen LogP contribution is -2.21. The molecule has 0 aliphatic heterocycles. The van der Waals surface area contributed by atoms with Gasteiger partial charge in [-0.2, -0.15) is 0 Å². The number of hydrogen-bond acceptors (Lipinski definition) is 4. The van der Waals surface area contributed by atoms with Crippen LogP contribution in [-0.4, -0.2) is 21.9 Å². The van der Waals surface area contributed by atoms with E-state index in [0.717, 1.165) is 16.4 Å². The average molecular weight is 320 g/mol. The number of rotatable bonds is 4. The molecule has 0 bridgehead atoms. The van der Waals surface area contributed by atoms with Gasteiger partial charge < -0.3 is 4.98 Å². The van der Waals surface area contributed by atoms with Gasteiger partial charge in [0.2, 0.25) is 0 Å². The molecule has 21 heavy (non-hydrogen) atoms. The van der Waals surface area contributed by atoms with E-state index in [1.165, 1.54) is 4.88 Å². The van der Waals surface area contributed by atoms with Gasteiger partial charge in [0.1, 0.15) is 5.82 Å². The molecular formula is C15H14ClN3OS. The van der Waals surface area contributed by atoms with Crippen LogP contribution in [0.2, 0.25) is 4.34 Å². The second-order valence-electron chi connectivity index (χ2n) is 4.91. The van der Waals surface area contributed by atoms with Gasteiger partial charge in [-0.15, -0.1) is 11.3 Å². The molecule has 1 N–H and O–H groups in total. The number of aromatic nitrogens is 2. The first kappa shape index (κ1) is 14.3. The van der Waals surface area contributed by atoms with Gasteiger partial charge in [0.25, 0.3) is 5.56 Å². The molecular weight excluding hydrogens is 306 g/mol. The van der Waals surface area contributed by atoms with Gasteiger partial charge in [0.15, 0.2) is 0 Å². The van der Waals surface area contributed by atoms with Crippen LogP contribution in [0.4, 0.5) is 0 Å². The number of aromatic amines is 1. The van der Waals surface area contributed by atoms with Crippen LogP contribution in [-0.2, 0) is 13.1 Å². The van der Waals surface area contributed by atoms with Crippen molar-refractivity contribution in [2.24, 2.45) is 0 Å². The van der Waals surface area contributed by atoms with E-state index < -0.39 is 0 Å². The Hall–Kier alpha value is -1.69. The second-order valence-corrected chi connectivity index (χ2v) is 6.71. The first-order valence-electron chi connectivity index (χ1n) is 6.52. The van der Waals surface area contributed by atoms with Crippen molar-refractivity contribution in [2.45, 2.75) is 13.1 Å². The van der Waals surface area contributed by atoms with Crippen molar-refractivity contribution < 1.29 is 0 Å². The highest BCUT2D eigenvalue weighted by Gasteiger charge is 2.08. The van der Waals surface area contributed by atoms with Crippen molar-refractivity contribution in [3.63, 3.8) is 0 Å². The van der Waals surface area contributed by atoms with E-state index in [1.807, 2.05) is 37.4 Å². The molecule has 2 aromatic heterocycles. The number of para-hydroxylation sites is 1. The van der Waals surface area contributed by atoms with Crippen LogP contribution in [0.5, 0.6) is 0 Å². The van der Waals surface area contributed by atoms with Crippen molar-refractivity contribution >= 4 is 33.8 Å². The molecule has 0 unspecified atom stereocenters. The monoisotopic (exact) mass is 319 g/mol. The largest absolute Gasteiger partial charge is 0.309 e. The molecule has 0 saturated heterocycles. The van der Waals surface area contributed by atoms with Gasteiger partial charge in [-0.1, -0.05) is 23.7 Å². The summed E-state index contributed by atoms with van der Waals surface area (Å²) in [6, 6.07) is 11.3. The van der Waals surface area contributed by atoms with Crippen molar-refractivity contribution in [2.75, 3.05) is 7.05 Å². The summed E-state index contributed by atoms with van der Waals surface area (Å²) in [5, 5.41) is 0.619. The Morgan fingerprint density at radius 3 is 2.81 bits per heavy atom. The maximum Gasteiger partial charge on any atom is 0.258 e. The molecule has 0 aliphatic rings. The van der Waals surface area contributed by atoms with Crippen LogP contribution in [0.15, 0.2) is 41.2 Å². The highest BCUT2D eigenvalue weighted by atomic mass is 35.5. The van der Waals surface area contributed by atoms with Gasteiger partial charge in [0, 0.05) is 11.4 Å². The fourth-order valence-electron chi connectivity index (χ4n) is 2.22. The first-order chi connectivity index (χ1) is 10.1. The number of hydrogen-bond donors (Lipinski definition) is 1. The third-order valence-corrected chi connectivity index (χ3v) is 4.35. The molecule has 1 aromatic carbocycles. The molecule has 0 radical (unpaired) electrons. The van der Waals surface area contributed by atoms with Crippen molar-refractivity contribution in [3.05, 3.63) is 61.8 Å². The molecule has 0 fully saturated rings. The quantitative estimate of drug-likeness (QED) is 0.803. The highest BCUT2D eigenvalue weighted by molar-refractivity contribution is 7.16. The highest BCUT2D eigenvalue weighted by Crippen LogP contribution is 2.22. The minimum atomic E-state index is -0.0943. The smallest absolute Gasteiger partial charge is 0.258 e. The molecule has 0 saturated carbocycles. The number of thiophene rings is 1. The Labute approximate surface area is 131 Å². The fraction of sp³-hybridized carbons (Fsp3) is 0.200. The topological polar surface area (TPSA) is 49.0 Å². The van der Waals surface area contributed by atoms with E-state index in [-0.39, 0.29) is 5.56 Å². The number of benzene rings is 1. The molecule has 2 heterocycles. The summed E-state index contributed by atoms with van der Waals surface area (Å²) in [5.74, 6) is 0.670. The van der Waals surface area contributed by atoms with Crippen molar-refractivity contribution in [1.82, 2.24) is 14.9 Å². The lowest BCUT2D eigenvalue weighted by Gasteiger charge is -2.15. The molecule has 0 atom stereocenters. The van der Waals surface area contributed by atoms with Gasteiger partial charge in [-0.05, 0) is 31.3 Å². The number of fused-ring (bicyclic) bond motifs is 1. The van der Waals surface area contributed by atoms with E-state index in [0.29, 0.717) is 17.8 Å². The third-order valence-electron chi connectivity index (χ3n) is 3.14. The lowest BCUT2D eigenvalue weighted by molar-refractivity contribution is 0.313. The maximum atomic E-state index is 12.0. The van der Waals surface area contributed by atoms with Crippen LogP contribution in [0.1, 0.15) is 10.7 Å². The fourth-order valence-corrected chi connectivity index (χ4v) is 3.39. The molecule has 3 rings (SSSR count). The normalized spacial score (nSPS) is 11.4. The molecule has 108 valence electrons. The zero-order valence-electron chi connectivity index (χ0n) is 11.5. The summed E-state index contributed by atoms with van der Waals surface area (Å²) in [5.41, 5.74) is 0.631. The Bertz CT molecular complexity index is 827. The zero-order valence-corrected chi connectivity index (χ0v) is 13.0. The lowest BCUT2D eigenvalue weighted by atomic mass is 10.2. The van der Waals surface area contributed by atoms with Crippen molar-refractivity contribution in [3.8, 4) is 0 Å². The van der Waals surface area contributed by atoms with Crippen LogP contribution in [0.3, 0.4) is 0 Å². The minimum Gasteiger partial charge on any atom is -0.309 e. The Balaban J connectivity index is 1.79. The van der Waals surface area contributed by atoms with Gasteiger partial charge in [0.05, 0.1) is 21.8 Å². The van der Waals surface area contributed by atoms with Crippen LogP contribution < -0.4 is 5.56 Å². The van der Waals surface area contributed by atoms with Crippen LogP contribution >= 0.6 is 22.9 Å². The number of halogens is 1. The van der Waals surface area contributed by atoms with Crippen LogP contribution in [0.25, 0.3) is 10.9 Å². The molecule has 3 aromatic rings. The summed E-state index contributed by atoms with van der Waals surface area (Å²) in [6.07, 6.45) is 0. The molecule has 0 aliphatic carbocycles. The standard InChI is InChI=1S/C15H14ClN3OS/c1-19(8-10-6-7-13(16)21-10)9-14-17-12-5-3-2-4-11(12)15(20)18-14/h2-7H,8-9H2,1H3,(H,17,18,20).